The molecular formula is C12H25NO2. The second-order valence-corrected chi connectivity index (χ2v) is 5.11. The lowest BCUT2D eigenvalue weighted by molar-refractivity contribution is -0.126. The third-order valence-corrected chi connectivity index (χ3v) is 1.87. The summed E-state index contributed by atoms with van der Waals surface area (Å²) in [7, 11) is 0. The van der Waals surface area contributed by atoms with Gasteiger partial charge in [0.25, 0.3) is 0 Å². The maximum absolute atomic E-state index is 11.3. The molecule has 3 heteroatoms. The monoisotopic (exact) mass is 215 g/mol. The van der Waals surface area contributed by atoms with Gasteiger partial charge in [0.05, 0.1) is 6.61 Å². The molecule has 0 fully saturated rings. The molecule has 0 aromatic heterocycles. The van der Waals surface area contributed by atoms with Gasteiger partial charge < -0.3 is 10.1 Å². The molecule has 1 N–H and O–H groups in total. The van der Waals surface area contributed by atoms with Gasteiger partial charge in [0.15, 0.2) is 0 Å². The third kappa shape index (κ3) is 11.4. The third-order valence-electron chi connectivity index (χ3n) is 1.87. The molecule has 0 aliphatic heterocycles. The fraction of sp³-hybridized carbons (Fsp3) is 0.917. The molecule has 0 unspecified atom stereocenters. The van der Waals surface area contributed by atoms with Crippen LogP contribution in [0.15, 0.2) is 0 Å². The highest BCUT2D eigenvalue weighted by atomic mass is 16.5. The molecule has 0 aliphatic rings. The van der Waals surface area contributed by atoms with Gasteiger partial charge in [0.2, 0.25) is 5.91 Å². The minimum atomic E-state index is -0.00430. The second kappa shape index (κ2) is 7.69. The van der Waals surface area contributed by atoms with Gasteiger partial charge in [-0.15, -0.1) is 0 Å². The van der Waals surface area contributed by atoms with Gasteiger partial charge in [-0.3, -0.25) is 4.79 Å². The molecule has 0 aromatic rings. The minimum Gasteiger partial charge on any atom is -0.371 e. The number of carbonyl (C=O) groups excluding carboxylic acids is 1. The molecule has 0 saturated heterocycles. The predicted molar refractivity (Wildman–Crippen MR) is 62.8 cm³/mol. The Morgan fingerprint density at radius 2 is 1.93 bits per heavy atom. The number of ether oxygens (including phenoxy) is 1. The zero-order chi connectivity index (χ0) is 11.7. The van der Waals surface area contributed by atoms with Crippen LogP contribution in [0.3, 0.4) is 0 Å². The van der Waals surface area contributed by atoms with Gasteiger partial charge in [-0.2, -0.15) is 0 Å². The second-order valence-electron chi connectivity index (χ2n) is 5.11. The van der Waals surface area contributed by atoms with Gasteiger partial charge in [0.1, 0.15) is 6.61 Å². The Morgan fingerprint density at radius 1 is 1.27 bits per heavy atom. The number of amides is 1. The van der Waals surface area contributed by atoms with Crippen molar-refractivity contribution in [3.8, 4) is 0 Å². The average molecular weight is 215 g/mol. The summed E-state index contributed by atoms with van der Waals surface area (Å²) in [5.41, 5.74) is 0.127. The lowest BCUT2D eigenvalue weighted by atomic mass is 9.99. The molecule has 0 spiro atoms. The van der Waals surface area contributed by atoms with Gasteiger partial charge in [-0.25, -0.2) is 0 Å². The summed E-state index contributed by atoms with van der Waals surface area (Å²) in [5.74, 6) is -0.00430. The first-order chi connectivity index (χ1) is 6.95. The van der Waals surface area contributed by atoms with Crippen LogP contribution in [0.2, 0.25) is 0 Å². The van der Waals surface area contributed by atoms with E-state index in [4.69, 9.17) is 4.74 Å². The van der Waals surface area contributed by atoms with Crippen LogP contribution in [-0.4, -0.2) is 25.7 Å². The van der Waals surface area contributed by atoms with E-state index < -0.39 is 0 Å². The molecule has 1 amide bonds. The van der Waals surface area contributed by atoms with Crippen LogP contribution < -0.4 is 5.32 Å². The number of hydrogen-bond donors (Lipinski definition) is 1. The predicted octanol–water partition coefficient (Wildman–Crippen LogP) is 2.36. The topological polar surface area (TPSA) is 38.3 Å². The van der Waals surface area contributed by atoms with Crippen LogP contribution in [0.5, 0.6) is 0 Å². The van der Waals surface area contributed by atoms with E-state index in [2.05, 4.69) is 33.0 Å². The highest BCUT2D eigenvalue weighted by molar-refractivity contribution is 5.77. The zero-order valence-electron chi connectivity index (χ0n) is 10.6. The van der Waals surface area contributed by atoms with Crippen molar-refractivity contribution in [2.24, 2.45) is 5.41 Å². The summed E-state index contributed by atoms with van der Waals surface area (Å²) in [6.45, 7) is 9.99. The van der Waals surface area contributed by atoms with Crippen molar-refractivity contribution < 1.29 is 9.53 Å². The summed E-state index contributed by atoms with van der Waals surface area (Å²) in [6, 6.07) is 0. The Labute approximate surface area is 93.6 Å². The molecule has 90 valence electrons. The normalized spacial score (nSPS) is 11.5. The molecule has 0 bridgehead atoms. The lowest BCUT2D eigenvalue weighted by Gasteiger charge is -2.17. The molecule has 3 nitrogen and oxygen atoms in total. The van der Waals surface area contributed by atoms with Crippen molar-refractivity contribution in [2.45, 2.75) is 47.0 Å². The number of hydrogen-bond acceptors (Lipinski definition) is 2. The fourth-order valence-corrected chi connectivity index (χ4v) is 1.10. The molecule has 0 radical (unpaired) electrons. The van der Waals surface area contributed by atoms with Crippen molar-refractivity contribution in [1.82, 2.24) is 5.32 Å². The highest BCUT2D eigenvalue weighted by Gasteiger charge is 2.11. The van der Waals surface area contributed by atoms with E-state index >= 15 is 0 Å². The Kier molecular flexibility index (Phi) is 7.39. The van der Waals surface area contributed by atoms with E-state index in [0.29, 0.717) is 6.61 Å². The van der Waals surface area contributed by atoms with Gasteiger partial charge >= 0.3 is 0 Å². The van der Waals surface area contributed by atoms with Crippen LogP contribution in [0.1, 0.15) is 47.0 Å². The van der Waals surface area contributed by atoms with Gasteiger partial charge in [0, 0.05) is 6.54 Å². The van der Waals surface area contributed by atoms with Crippen LogP contribution in [0, 0.1) is 5.41 Å². The van der Waals surface area contributed by atoms with Crippen molar-refractivity contribution >= 4 is 5.91 Å². The molecule has 0 atom stereocenters. The van der Waals surface area contributed by atoms with E-state index in [1.54, 1.807) is 0 Å². The standard InChI is InChI=1S/C12H25NO2/c1-5-6-7-8-13-11(14)9-15-10-12(2,3)4/h5-10H2,1-4H3,(H,13,14). The van der Waals surface area contributed by atoms with E-state index in [1.165, 1.54) is 12.8 Å². The number of carbonyl (C=O) groups is 1. The fourth-order valence-electron chi connectivity index (χ4n) is 1.10. The summed E-state index contributed by atoms with van der Waals surface area (Å²) >= 11 is 0. The number of nitrogens with one attached hydrogen (secondary N) is 1. The van der Waals surface area contributed by atoms with Crippen molar-refractivity contribution in [3.63, 3.8) is 0 Å². The summed E-state index contributed by atoms with van der Waals surface area (Å²) in [5, 5.41) is 2.84. The molecule has 0 aromatic carbocycles. The maximum atomic E-state index is 11.3. The van der Waals surface area contributed by atoms with Crippen LogP contribution in [0.25, 0.3) is 0 Å². The Morgan fingerprint density at radius 3 is 2.47 bits per heavy atom. The maximum Gasteiger partial charge on any atom is 0.245 e. The quantitative estimate of drug-likeness (QED) is 0.662. The first kappa shape index (κ1) is 14.4. The van der Waals surface area contributed by atoms with E-state index in [1.807, 2.05) is 0 Å². The zero-order valence-corrected chi connectivity index (χ0v) is 10.6. The Bertz CT molecular complexity index is 173. The highest BCUT2D eigenvalue weighted by Crippen LogP contribution is 2.12. The van der Waals surface area contributed by atoms with Crippen molar-refractivity contribution in [3.05, 3.63) is 0 Å². The summed E-state index contributed by atoms with van der Waals surface area (Å²) in [4.78, 5) is 11.3. The first-order valence-corrected chi connectivity index (χ1v) is 5.80. The molecule has 0 saturated carbocycles. The largest absolute Gasteiger partial charge is 0.371 e. The van der Waals surface area contributed by atoms with Crippen molar-refractivity contribution in [2.75, 3.05) is 19.8 Å². The Balaban J connectivity index is 3.34. The van der Waals surface area contributed by atoms with E-state index in [0.717, 1.165) is 13.0 Å². The molecular weight excluding hydrogens is 190 g/mol. The number of unbranched alkanes of at least 4 members (excludes halogenated alkanes) is 2. The number of rotatable bonds is 7. The van der Waals surface area contributed by atoms with Gasteiger partial charge in [-0.1, -0.05) is 40.5 Å². The first-order valence-electron chi connectivity index (χ1n) is 5.80. The van der Waals surface area contributed by atoms with Crippen molar-refractivity contribution in [1.29, 1.82) is 0 Å². The van der Waals surface area contributed by atoms with Gasteiger partial charge in [-0.05, 0) is 11.8 Å². The van der Waals surface area contributed by atoms with E-state index in [-0.39, 0.29) is 17.9 Å². The van der Waals surface area contributed by atoms with Crippen LogP contribution in [-0.2, 0) is 9.53 Å². The smallest absolute Gasteiger partial charge is 0.245 e. The average Bonchev–Trinajstić information content (AvgIpc) is 2.10. The summed E-state index contributed by atoms with van der Waals surface area (Å²) in [6.07, 6.45) is 3.40. The summed E-state index contributed by atoms with van der Waals surface area (Å²) < 4.78 is 5.30. The molecule has 0 heterocycles. The minimum absolute atomic E-state index is 0.00430. The molecule has 0 rings (SSSR count). The molecule has 0 aliphatic carbocycles. The SMILES string of the molecule is CCCCCNC(=O)COCC(C)(C)C. The molecule has 15 heavy (non-hydrogen) atoms. The lowest BCUT2D eigenvalue weighted by Crippen LogP contribution is -2.30. The van der Waals surface area contributed by atoms with Crippen LogP contribution >= 0.6 is 0 Å². The Hall–Kier alpha value is -0.570. The van der Waals surface area contributed by atoms with E-state index in [9.17, 15) is 4.79 Å². The van der Waals surface area contributed by atoms with Crippen LogP contribution in [0.4, 0.5) is 0 Å².